The minimum absolute atomic E-state index is 0.187. The highest BCUT2D eigenvalue weighted by Gasteiger charge is 2.21. The Morgan fingerprint density at radius 1 is 1.57 bits per heavy atom. The summed E-state index contributed by atoms with van der Waals surface area (Å²) in [6.45, 7) is 0.750. The summed E-state index contributed by atoms with van der Waals surface area (Å²) in [5.74, 6) is -0.0305. The van der Waals surface area contributed by atoms with E-state index in [9.17, 15) is 4.39 Å². The molecule has 72 valence electrons. The van der Waals surface area contributed by atoms with E-state index in [-0.39, 0.29) is 11.7 Å². The smallest absolute Gasteiger partial charge is 0.146 e. The third kappa shape index (κ3) is 1.44. The van der Waals surface area contributed by atoms with Gasteiger partial charge >= 0.3 is 0 Å². The second-order valence-electron chi connectivity index (χ2n) is 3.48. The number of fused-ring (bicyclic) bond motifs is 1. The van der Waals surface area contributed by atoms with E-state index in [1.54, 1.807) is 6.07 Å². The van der Waals surface area contributed by atoms with Gasteiger partial charge in [0.1, 0.15) is 5.82 Å². The summed E-state index contributed by atoms with van der Waals surface area (Å²) in [6, 6.07) is 7.19. The van der Waals surface area contributed by atoms with Gasteiger partial charge in [-0.05, 0) is 18.1 Å². The van der Waals surface area contributed by atoms with Crippen LogP contribution in [0.5, 0.6) is 0 Å². The van der Waals surface area contributed by atoms with Crippen molar-refractivity contribution in [1.29, 1.82) is 5.26 Å². The van der Waals surface area contributed by atoms with Gasteiger partial charge in [-0.25, -0.2) is 4.39 Å². The summed E-state index contributed by atoms with van der Waals surface area (Å²) in [5, 5.41) is 11.7. The van der Waals surface area contributed by atoms with Crippen LogP contribution in [-0.2, 0) is 0 Å². The van der Waals surface area contributed by atoms with E-state index < -0.39 is 0 Å². The van der Waals surface area contributed by atoms with Gasteiger partial charge in [0.15, 0.2) is 0 Å². The summed E-state index contributed by atoms with van der Waals surface area (Å²) < 4.78 is 13.3. The van der Waals surface area contributed by atoms with Gasteiger partial charge in [0.25, 0.3) is 0 Å². The summed E-state index contributed by atoms with van der Waals surface area (Å²) in [4.78, 5) is 0. The summed E-state index contributed by atoms with van der Waals surface area (Å²) >= 11 is 0. The lowest BCUT2D eigenvalue weighted by Gasteiger charge is -2.25. The lowest BCUT2D eigenvalue weighted by Crippen LogP contribution is -2.17. The van der Waals surface area contributed by atoms with Gasteiger partial charge in [-0.2, -0.15) is 5.26 Å². The van der Waals surface area contributed by atoms with E-state index >= 15 is 0 Å². The predicted molar refractivity (Wildman–Crippen MR) is 52.5 cm³/mol. The molecule has 2 nitrogen and oxygen atoms in total. The molecule has 2 rings (SSSR count). The van der Waals surface area contributed by atoms with Crippen LogP contribution in [0.25, 0.3) is 0 Å². The monoisotopic (exact) mass is 190 g/mol. The average molecular weight is 190 g/mol. The Balaban J connectivity index is 2.40. The van der Waals surface area contributed by atoms with Crippen molar-refractivity contribution in [2.45, 2.75) is 18.8 Å². The largest absolute Gasteiger partial charge is 0.382 e. The standard InChI is InChI=1S/C11H11FN2/c12-10-3-1-2-9-8(4-6-13)5-7-14-11(9)10/h1-3,8,14H,4-5,7H2. The van der Waals surface area contributed by atoms with Crippen LogP contribution in [-0.4, -0.2) is 6.54 Å². The summed E-state index contributed by atoms with van der Waals surface area (Å²) in [7, 11) is 0. The third-order valence-corrected chi connectivity index (χ3v) is 2.62. The molecule has 0 aromatic heterocycles. The van der Waals surface area contributed by atoms with Gasteiger partial charge < -0.3 is 5.32 Å². The highest BCUT2D eigenvalue weighted by atomic mass is 19.1. The quantitative estimate of drug-likeness (QED) is 0.738. The topological polar surface area (TPSA) is 35.8 Å². The van der Waals surface area contributed by atoms with Crippen LogP contribution in [0, 0.1) is 17.1 Å². The number of hydrogen-bond acceptors (Lipinski definition) is 2. The first-order valence-corrected chi connectivity index (χ1v) is 4.72. The first kappa shape index (κ1) is 9.01. The van der Waals surface area contributed by atoms with E-state index in [0.29, 0.717) is 12.1 Å². The highest BCUT2D eigenvalue weighted by molar-refractivity contribution is 5.56. The summed E-state index contributed by atoms with van der Waals surface area (Å²) in [6.07, 6.45) is 1.38. The molecular weight excluding hydrogens is 179 g/mol. The molecule has 3 heteroatoms. The molecule has 0 saturated heterocycles. The van der Waals surface area contributed by atoms with Crippen molar-refractivity contribution in [2.24, 2.45) is 0 Å². The Morgan fingerprint density at radius 2 is 2.43 bits per heavy atom. The molecule has 1 aliphatic rings. The molecule has 0 bridgehead atoms. The van der Waals surface area contributed by atoms with E-state index in [1.807, 2.05) is 6.07 Å². The second kappa shape index (κ2) is 3.67. The Labute approximate surface area is 82.4 Å². The average Bonchev–Trinajstić information content (AvgIpc) is 2.20. The molecule has 0 radical (unpaired) electrons. The Hall–Kier alpha value is -1.56. The van der Waals surface area contributed by atoms with Gasteiger partial charge in [0.2, 0.25) is 0 Å². The van der Waals surface area contributed by atoms with Crippen molar-refractivity contribution in [3.05, 3.63) is 29.6 Å². The third-order valence-electron chi connectivity index (χ3n) is 2.62. The fourth-order valence-corrected chi connectivity index (χ4v) is 1.92. The maximum atomic E-state index is 13.3. The van der Waals surface area contributed by atoms with Crippen molar-refractivity contribution < 1.29 is 4.39 Å². The number of rotatable bonds is 1. The lowest BCUT2D eigenvalue weighted by molar-refractivity contribution is 0.596. The van der Waals surface area contributed by atoms with Crippen molar-refractivity contribution in [3.63, 3.8) is 0 Å². The van der Waals surface area contributed by atoms with Crippen LogP contribution in [0.2, 0.25) is 0 Å². The number of nitriles is 1. The molecule has 14 heavy (non-hydrogen) atoms. The number of halogens is 1. The maximum absolute atomic E-state index is 13.3. The molecule has 0 amide bonds. The molecule has 0 spiro atoms. The highest BCUT2D eigenvalue weighted by Crippen LogP contribution is 2.34. The van der Waals surface area contributed by atoms with Gasteiger partial charge in [0.05, 0.1) is 11.8 Å². The van der Waals surface area contributed by atoms with Gasteiger partial charge in [0, 0.05) is 18.9 Å². The predicted octanol–water partition coefficient (Wildman–Crippen LogP) is 2.64. The van der Waals surface area contributed by atoms with E-state index in [4.69, 9.17) is 5.26 Å². The van der Waals surface area contributed by atoms with Crippen LogP contribution in [0.1, 0.15) is 24.3 Å². The zero-order valence-electron chi connectivity index (χ0n) is 7.76. The summed E-state index contributed by atoms with van der Waals surface area (Å²) in [5.41, 5.74) is 1.52. The first-order valence-electron chi connectivity index (χ1n) is 4.72. The molecule has 1 N–H and O–H groups in total. The fourth-order valence-electron chi connectivity index (χ4n) is 1.92. The molecule has 0 saturated carbocycles. The molecule has 1 atom stereocenters. The normalized spacial score (nSPS) is 19.3. The SMILES string of the molecule is N#CCC1CCNc2c(F)cccc21. The van der Waals surface area contributed by atoms with E-state index in [0.717, 1.165) is 18.5 Å². The zero-order valence-corrected chi connectivity index (χ0v) is 7.76. The first-order chi connectivity index (χ1) is 6.83. The van der Waals surface area contributed by atoms with Crippen molar-refractivity contribution in [3.8, 4) is 6.07 Å². The van der Waals surface area contributed by atoms with Crippen LogP contribution < -0.4 is 5.32 Å². The van der Waals surface area contributed by atoms with E-state index in [1.165, 1.54) is 6.07 Å². The number of hydrogen-bond donors (Lipinski definition) is 1. The molecule has 0 fully saturated rings. The number of para-hydroxylation sites is 1. The number of nitrogens with zero attached hydrogens (tertiary/aromatic N) is 1. The molecular formula is C11H11FN2. The number of nitrogens with one attached hydrogen (secondary N) is 1. The molecule has 1 aliphatic heterocycles. The van der Waals surface area contributed by atoms with E-state index in [2.05, 4.69) is 11.4 Å². The second-order valence-corrected chi connectivity index (χ2v) is 3.48. The maximum Gasteiger partial charge on any atom is 0.146 e. The van der Waals surface area contributed by atoms with Gasteiger partial charge in [-0.1, -0.05) is 12.1 Å². The van der Waals surface area contributed by atoms with Crippen LogP contribution in [0.4, 0.5) is 10.1 Å². The molecule has 1 aromatic rings. The molecule has 1 aromatic carbocycles. The fraction of sp³-hybridized carbons (Fsp3) is 0.364. The molecule has 0 aliphatic carbocycles. The minimum Gasteiger partial charge on any atom is -0.382 e. The Morgan fingerprint density at radius 3 is 3.21 bits per heavy atom. The lowest BCUT2D eigenvalue weighted by atomic mass is 9.89. The van der Waals surface area contributed by atoms with Crippen LogP contribution >= 0.6 is 0 Å². The Kier molecular flexibility index (Phi) is 2.36. The molecule has 1 unspecified atom stereocenters. The van der Waals surface area contributed by atoms with Crippen molar-refractivity contribution >= 4 is 5.69 Å². The van der Waals surface area contributed by atoms with Crippen LogP contribution in [0.3, 0.4) is 0 Å². The van der Waals surface area contributed by atoms with Crippen LogP contribution in [0.15, 0.2) is 18.2 Å². The number of benzene rings is 1. The van der Waals surface area contributed by atoms with Gasteiger partial charge in [-0.15, -0.1) is 0 Å². The zero-order chi connectivity index (χ0) is 9.97. The Bertz CT molecular complexity index is 381. The van der Waals surface area contributed by atoms with Crippen molar-refractivity contribution in [1.82, 2.24) is 0 Å². The molecule has 1 heterocycles. The minimum atomic E-state index is -0.217. The van der Waals surface area contributed by atoms with Crippen molar-refractivity contribution in [2.75, 3.05) is 11.9 Å². The number of anilines is 1. The van der Waals surface area contributed by atoms with Gasteiger partial charge in [-0.3, -0.25) is 0 Å².